The number of rotatable bonds is 3. The van der Waals surface area contributed by atoms with E-state index in [0.29, 0.717) is 11.8 Å². The molecule has 84 valence electrons. The first-order chi connectivity index (χ1) is 7.20. The summed E-state index contributed by atoms with van der Waals surface area (Å²) >= 11 is 0. The van der Waals surface area contributed by atoms with Crippen LogP contribution < -0.4 is 5.32 Å². The van der Waals surface area contributed by atoms with Gasteiger partial charge in [-0.2, -0.15) is 0 Å². The van der Waals surface area contributed by atoms with Crippen LogP contribution in [0.5, 0.6) is 0 Å². The lowest BCUT2D eigenvalue weighted by atomic mass is 10.2. The third-order valence-electron chi connectivity index (χ3n) is 2.67. The summed E-state index contributed by atoms with van der Waals surface area (Å²) in [5.41, 5.74) is 0. The molecule has 0 unspecified atom stereocenters. The van der Waals surface area contributed by atoms with Crippen LogP contribution in [0, 0.1) is 0 Å². The second-order valence-electron chi connectivity index (χ2n) is 4.19. The smallest absolute Gasteiger partial charge is 0.233 e. The van der Waals surface area contributed by atoms with Crippen molar-refractivity contribution in [1.29, 1.82) is 0 Å². The third-order valence-corrected chi connectivity index (χ3v) is 2.67. The fraction of sp³-hybridized carbons (Fsp3) is 0.800. The van der Waals surface area contributed by atoms with E-state index in [1.165, 1.54) is 0 Å². The van der Waals surface area contributed by atoms with Crippen LogP contribution in [0.25, 0.3) is 0 Å². The number of hydrogen-bond acceptors (Lipinski definition) is 5. The summed E-state index contributed by atoms with van der Waals surface area (Å²) in [6.45, 7) is 4.93. The van der Waals surface area contributed by atoms with Crippen LogP contribution >= 0.6 is 0 Å². The molecule has 15 heavy (non-hydrogen) atoms. The summed E-state index contributed by atoms with van der Waals surface area (Å²) in [4.78, 5) is 0. The van der Waals surface area contributed by atoms with Crippen molar-refractivity contribution in [2.45, 2.75) is 38.3 Å². The average molecular weight is 211 g/mol. The predicted octanol–water partition coefficient (Wildman–Crippen LogP) is 1.24. The maximum absolute atomic E-state index is 5.58. The van der Waals surface area contributed by atoms with Crippen LogP contribution in [0.2, 0.25) is 0 Å². The molecule has 0 saturated carbocycles. The fourth-order valence-corrected chi connectivity index (χ4v) is 1.69. The Morgan fingerprint density at radius 3 is 2.80 bits per heavy atom. The highest BCUT2D eigenvalue weighted by atomic mass is 16.5. The van der Waals surface area contributed by atoms with Crippen LogP contribution in [0.4, 0.5) is 0 Å². The predicted molar refractivity (Wildman–Crippen MR) is 54.5 cm³/mol. The van der Waals surface area contributed by atoms with Gasteiger partial charge in [-0.1, -0.05) is 13.8 Å². The van der Waals surface area contributed by atoms with E-state index in [9.17, 15) is 0 Å². The van der Waals surface area contributed by atoms with Gasteiger partial charge < -0.3 is 14.5 Å². The molecule has 5 nitrogen and oxygen atoms in total. The van der Waals surface area contributed by atoms with Crippen molar-refractivity contribution >= 4 is 0 Å². The van der Waals surface area contributed by atoms with Crippen molar-refractivity contribution in [1.82, 2.24) is 15.5 Å². The van der Waals surface area contributed by atoms with Crippen molar-refractivity contribution in [2.75, 3.05) is 13.7 Å². The zero-order valence-corrected chi connectivity index (χ0v) is 9.36. The molecular formula is C10H17N3O2. The molecule has 1 aromatic heterocycles. The summed E-state index contributed by atoms with van der Waals surface area (Å²) in [6, 6.07) is 0.148. The molecule has 1 N–H and O–H groups in total. The summed E-state index contributed by atoms with van der Waals surface area (Å²) in [5, 5.41) is 11.4. The number of methoxy groups -OCH3 is 1. The molecule has 1 saturated heterocycles. The molecule has 0 bridgehead atoms. The topological polar surface area (TPSA) is 60.2 Å². The van der Waals surface area contributed by atoms with Crippen LogP contribution in [0.15, 0.2) is 4.42 Å². The molecule has 0 amide bonds. The zero-order chi connectivity index (χ0) is 10.8. The normalized spacial score (nSPS) is 26.4. The van der Waals surface area contributed by atoms with Gasteiger partial charge >= 0.3 is 0 Å². The van der Waals surface area contributed by atoms with Gasteiger partial charge in [-0.3, -0.25) is 0 Å². The molecular weight excluding hydrogens is 194 g/mol. The molecule has 0 aliphatic carbocycles. The van der Waals surface area contributed by atoms with Crippen LogP contribution in [0.1, 0.15) is 44.0 Å². The zero-order valence-electron chi connectivity index (χ0n) is 9.36. The minimum absolute atomic E-state index is 0.148. The van der Waals surface area contributed by atoms with Gasteiger partial charge in [0.05, 0.1) is 12.1 Å². The van der Waals surface area contributed by atoms with Gasteiger partial charge in [0.1, 0.15) is 0 Å². The van der Waals surface area contributed by atoms with E-state index >= 15 is 0 Å². The van der Waals surface area contributed by atoms with E-state index < -0.39 is 0 Å². The van der Waals surface area contributed by atoms with Gasteiger partial charge in [0.25, 0.3) is 0 Å². The molecule has 2 heterocycles. The van der Waals surface area contributed by atoms with E-state index in [4.69, 9.17) is 9.15 Å². The lowest BCUT2D eigenvalue weighted by molar-refractivity contribution is 0.116. The molecule has 1 aromatic rings. The van der Waals surface area contributed by atoms with E-state index in [1.807, 2.05) is 13.8 Å². The number of nitrogens with one attached hydrogen (secondary N) is 1. The number of aromatic nitrogens is 2. The molecule has 1 aliphatic rings. The Balaban J connectivity index is 2.04. The maximum atomic E-state index is 5.58. The van der Waals surface area contributed by atoms with Gasteiger partial charge in [-0.05, 0) is 6.42 Å². The standard InChI is InChI=1S/C10H17N3O2/c1-6(2)9-12-13-10(15-9)8-4-7(14-3)5-11-8/h6-8,11H,4-5H2,1-3H3/t7-,8-/m0/s1. The summed E-state index contributed by atoms with van der Waals surface area (Å²) in [7, 11) is 1.72. The van der Waals surface area contributed by atoms with Gasteiger partial charge in [0.2, 0.25) is 11.8 Å². The van der Waals surface area contributed by atoms with Crippen LogP contribution in [0.3, 0.4) is 0 Å². The fourth-order valence-electron chi connectivity index (χ4n) is 1.69. The summed E-state index contributed by atoms with van der Waals surface area (Å²) in [5.74, 6) is 1.66. The third kappa shape index (κ3) is 2.18. The van der Waals surface area contributed by atoms with Gasteiger partial charge in [-0.15, -0.1) is 10.2 Å². The molecule has 0 aromatic carbocycles. The van der Waals surface area contributed by atoms with E-state index in [1.54, 1.807) is 7.11 Å². The second kappa shape index (κ2) is 4.28. The lowest BCUT2D eigenvalue weighted by Crippen LogP contribution is -2.16. The van der Waals surface area contributed by atoms with E-state index in [0.717, 1.165) is 13.0 Å². The number of ether oxygens (including phenoxy) is 1. The van der Waals surface area contributed by atoms with Crippen molar-refractivity contribution < 1.29 is 9.15 Å². The monoisotopic (exact) mass is 211 g/mol. The first-order valence-corrected chi connectivity index (χ1v) is 5.30. The molecule has 1 aliphatic heterocycles. The Morgan fingerprint density at radius 2 is 2.27 bits per heavy atom. The quantitative estimate of drug-likeness (QED) is 0.815. The summed E-state index contributed by atoms with van der Waals surface area (Å²) in [6.07, 6.45) is 1.15. The lowest BCUT2D eigenvalue weighted by Gasteiger charge is -2.04. The first kappa shape index (κ1) is 10.6. The summed E-state index contributed by atoms with van der Waals surface area (Å²) < 4.78 is 10.8. The Morgan fingerprint density at radius 1 is 1.47 bits per heavy atom. The SMILES string of the molecule is CO[C@@H]1CN[C@H](c2nnc(C(C)C)o2)C1. The highest BCUT2D eigenvalue weighted by Gasteiger charge is 2.29. The molecule has 2 rings (SSSR count). The van der Waals surface area contributed by atoms with E-state index in [-0.39, 0.29) is 18.1 Å². The van der Waals surface area contributed by atoms with Crippen molar-refractivity contribution in [3.8, 4) is 0 Å². The minimum Gasteiger partial charge on any atom is -0.423 e. The Kier molecular flexibility index (Phi) is 3.02. The van der Waals surface area contributed by atoms with Gasteiger partial charge in [0, 0.05) is 19.6 Å². The largest absolute Gasteiger partial charge is 0.423 e. The van der Waals surface area contributed by atoms with Crippen molar-refractivity contribution in [2.24, 2.45) is 0 Å². The average Bonchev–Trinajstić information content (AvgIpc) is 2.86. The van der Waals surface area contributed by atoms with Crippen LogP contribution in [-0.2, 0) is 4.74 Å². The Bertz CT molecular complexity index is 324. The molecule has 1 fully saturated rings. The van der Waals surface area contributed by atoms with Crippen molar-refractivity contribution in [3.63, 3.8) is 0 Å². The highest BCUT2D eigenvalue weighted by Crippen LogP contribution is 2.25. The molecule has 0 radical (unpaired) electrons. The maximum Gasteiger partial charge on any atom is 0.233 e. The Labute approximate surface area is 89.2 Å². The number of hydrogen-bond donors (Lipinski definition) is 1. The first-order valence-electron chi connectivity index (χ1n) is 5.30. The second-order valence-corrected chi connectivity index (χ2v) is 4.19. The minimum atomic E-state index is 0.148. The number of nitrogens with zero attached hydrogens (tertiary/aromatic N) is 2. The molecule has 0 spiro atoms. The molecule has 2 atom stereocenters. The highest BCUT2D eigenvalue weighted by molar-refractivity contribution is 4.97. The van der Waals surface area contributed by atoms with Gasteiger partial charge in [0.15, 0.2) is 0 Å². The molecule has 5 heteroatoms. The van der Waals surface area contributed by atoms with Crippen LogP contribution in [-0.4, -0.2) is 30.0 Å². The Hall–Kier alpha value is -0.940. The van der Waals surface area contributed by atoms with Gasteiger partial charge in [-0.25, -0.2) is 0 Å². The van der Waals surface area contributed by atoms with E-state index in [2.05, 4.69) is 15.5 Å². The van der Waals surface area contributed by atoms with Crippen molar-refractivity contribution in [3.05, 3.63) is 11.8 Å².